The van der Waals surface area contributed by atoms with Crippen molar-refractivity contribution in [2.45, 2.75) is 78.6 Å². The van der Waals surface area contributed by atoms with Crippen molar-refractivity contribution in [1.82, 2.24) is 0 Å². The predicted molar refractivity (Wildman–Crippen MR) is 149 cm³/mol. The van der Waals surface area contributed by atoms with Crippen molar-refractivity contribution in [1.29, 1.82) is 0 Å². The summed E-state index contributed by atoms with van der Waals surface area (Å²) in [6.45, 7) is 13.1. The third kappa shape index (κ3) is 5.35. The van der Waals surface area contributed by atoms with Gasteiger partial charge in [0.05, 0.1) is 0 Å². The van der Waals surface area contributed by atoms with Gasteiger partial charge in [-0.05, 0) is 97.6 Å². The summed E-state index contributed by atoms with van der Waals surface area (Å²) in [6.07, 6.45) is 3.54. The lowest BCUT2D eigenvalue weighted by Gasteiger charge is -2.35. The van der Waals surface area contributed by atoms with Crippen LogP contribution in [0.4, 0.5) is 0 Å². The van der Waals surface area contributed by atoms with E-state index in [4.69, 9.17) is 0 Å². The van der Waals surface area contributed by atoms with Crippen molar-refractivity contribution in [3.05, 3.63) is 112 Å². The third-order valence-corrected chi connectivity index (χ3v) is 8.16. The van der Waals surface area contributed by atoms with E-state index < -0.39 is 0 Å². The van der Waals surface area contributed by atoms with E-state index in [9.17, 15) is 4.79 Å². The number of rotatable bonds is 6. The van der Waals surface area contributed by atoms with Crippen LogP contribution in [0.2, 0.25) is 0 Å². The van der Waals surface area contributed by atoms with E-state index in [1.54, 1.807) is 0 Å². The molecule has 1 aliphatic carbocycles. The smallest absolute Gasteiger partial charge is 0.193 e. The lowest BCUT2D eigenvalue weighted by atomic mass is 9.69. The lowest BCUT2D eigenvalue weighted by molar-refractivity contribution is 0.103. The Morgan fingerprint density at radius 3 is 2.14 bits per heavy atom. The molecule has 1 saturated carbocycles. The molecular formula is C34H40O. The Hall–Kier alpha value is -2.93. The molecule has 1 nitrogen and oxygen atoms in total. The SMILES string of the molecule is CC(C)=C(C)c1ccc(C2CCC(C)C(c3ccccc3)C2)cc1C(=O)c1ccccc1C(C)C. The standard InChI is InChI=1S/C34H40O/c1-22(2)25(6)30-19-18-28(21-33(30)34(35)31-15-11-10-14-29(31)23(3)4)27-17-16-24(5)32(20-27)26-12-8-7-9-13-26/h7-15,18-19,21,23-24,27,32H,16-17,20H2,1-6H3. The maximum Gasteiger partial charge on any atom is 0.193 e. The topological polar surface area (TPSA) is 17.1 Å². The van der Waals surface area contributed by atoms with E-state index in [0.29, 0.717) is 23.7 Å². The molecule has 0 bridgehead atoms. The zero-order valence-electron chi connectivity index (χ0n) is 22.3. The highest BCUT2D eigenvalue weighted by Crippen LogP contribution is 2.45. The first kappa shape index (κ1) is 25.2. The summed E-state index contributed by atoms with van der Waals surface area (Å²) in [5.41, 5.74) is 9.09. The average molecular weight is 465 g/mol. The third-order valence-electron chi connectivity index (χ3n) is 8.16. The number of hydrogen-bond donors (Lipinski definition) is 0. The summed E-state index contributed by atoms with van der Waals surface area (Å²) in [6, 6.07) is 25.8. The molecule has 0 aliphatic heterocycles. The fraction of sp³-hybridized carbons (Fsp3) is 0.382. The van der Waals surface area contributed by atoms with Crippen LogP contribution in [0.3, 0.4) is 0 Å². The van der Waals surface area contributed by atoms with E-state index in [2.05, 4.69) is 96.1 Å². The highest BCUT2D eigenvalue weighted by molar-refractivity contribution is 6.12. The van der Waals surface area contributed by atoms with Crippen molar-refractivity contribution in [2.75, 3.05) is 0 Å². The van der Waals surface area contributed by atoms with E-state index in [1.807, 2.05) is 18.2 Å². The Bertz CT molecular complexity index is 1210. The van der Waals surface area contributed by atoms with Crippen LogP contribution >= 0.6 is 0 Å². The molecule has 0 saturated heterocycles. The molecule has 0 amide bonds. The summed E-state index contributed by atoms with van der Waals surface area (Å²) in [7, 11) is 0. The molecule has 1 aliphatic rings. The predicted octanol–water partition coefficient (Wildman–Crippen LogP) is 9.54. The van der Waals surface area contributed by atoms with Gasteiger partial charge in [0.2, 0.25) is 0 Å². The fourth-order valence-corrected chi connectivity index (χ4v) is 5.74. The molecule has 0 spiro atoms. The van der Waals surface area contributed by atoms with Gasteiger partial charge in [0.25, 0.3) is 0 Å². The number of carbonyl (C=O) groups excluding carboxylic acids is 1. The molecule has 35 heavy (non-hydrogen) atoms. The van der Waals surface area contributed by atoms with E-state index >= 15 is 0 Å². The van der Waals surface area contributed by atoms with Crippen LogP contribution in [0.15, 0.2) is 78.4 Å². The fourth-order valence-electron chi connectivity index (χ4n) is 5.74. The van der Waals surface area contributed by atoms with Crippen molar-refractivity contribution < 1.29 is 4.79 Å². The molecule has 0 aromatic heterocycles. The maximum atomic E-state index is 14.1. The molecule has 3 atom stereocenters. The largest absolute Gasteiger partial charge is 0.289 e. The van der Waals surface area contributed by atoms with Gasteiger partial charge in [0.1, 0.15) is 0 Å². The van der Waals surface area contributed by atoms with Gasteiger partial charge in [-0.15, -0.1) is 0 Å². The Morgan fingerprint density at radius 2 is 1.46 bits per heavy atom. The Morgan fingerprint density at radius 1 is 0.771 bits per heavy atom. The molecule has 3 aromatic carbocycles. The number of benzene rings is 3. The average Bonchev–Trinajstić information content (AvgIpc) is 2.88. The van der Waals surface area contributed by atoms with Crippen LogP contribution in [0, 0.1) is 5.92 Å². The van der Waals surface area contributed by atoms with Crippen LogP contribution in [0.1, 0.15) is 117 Å². The number of ketones is 1. The van der Waals surface area contributed by atoms with Crippen molar-refractivity contribution in [3.63, 3.8) is 0 Å². The quantitative estimate of drug-likeness (QED) is 0.332. The number of carbonyl (C=O) groups is 1. The second-order valence-corrected chi connectivity index (χ2v) is 11.0. The minimum absolute atomic E-state index is 0.149. The van der Waals surface area contributed by atoms with E-state index in [1.165, 1.54) is 35.1 Å². The van der Waals surface area contributed by atoms with Crippen molar-refractivity contribution in [3.8, 4) is 0 Å². The second kappa shape index (κ2) is 10.8. The highest BCUT2D eigenvalue weighted by Gasteiger charge is 2.30. The summed E-state index contributed by atoms with van der Waals surface area (Å²) in [5, 5.41) is 0. The van der Waals surface area contributed by atoms with Crippen LogP contribution in [0.25, 0.3) is 5.57 Å². The molecule has 1 fully saturated rings. The van der Waals surface area contributed by atoms with Gasteiger partial charge in [-0.25, -0.2) is 0 Å². The van der Waals surface area contributed by atoms with Gasteiger partial charge in [0.15, 0.2) is 5.78 Å². The molecule has 4 rings (SSSR count). The molecule has 3 aromatic rings. The zero-order valence-corrected chi connectivity index (χ0v) is 22.3. The van der Waals surface area contributed by atoms with Crippen LogP contribution < -0.4 is 0 Å². The molecule has 3 unspecified atom stereocenters. The first-order valence-electron chi connectivity index (χ1n) is 13.2. The van der Waals surface area contributed by atoms with Gasteiger partial charge < -0.3 is 0 Å². The monoisotopic (exact) mass is 464 g/mol. The minimum Gasteiger partial charge on any atom is -0.289 e. The molecule has 182 valence electrons. The van der Waals surface area contributed by atoms with E-state index in [-0.39, 0.29) is 5.78 Å². The van der Waals surface area contributed by atoms with Gasteiger partial charge in [-0.1, -0.05) is 93.1 Å². The first-order chi connectivity index (χ1) is 16.8. The Kier molecular flexibility index (Phi) is 7.75. The van der Waals surface area contributed by atoms with Crippen molar-refractivity contribution in [2.24, 2.45) is 5.92 Å². The molecule has 0 radical (unpaired) electrons. The normalized spacial score (nSPS) is 20.0. The van der Waals surface area contributed by atoms with Crippen LogP contribution in [0.5, 0.6) is 0 Å². The molecule has 0 N–H and O–H groups in total. The van der Waals surface area contributed by atoms with Gasteiger partial charge in [-0.3, -0.25) is 4.79 Å². The number of allylic oxidation sites excluding steroid dienone is 2. The number of hydrogen-bond acceptors (Lipinski definition) is 1. The first-order valence-corrected chi connectivity index (χ1v) is 13.2. The summed E-state index contributed by atoms with van der Waals surface area (Å²) in [5.74, 6) is 2.17. The molecule has 0 heterocycles. The summed E-state index contributed by atoms with van der Waals surface area (Å²) < 4.78 is 0. The Labute approximate surface area is 212 Å². The van der Waals surface area contributed by atoms with Crippen LogP contribution in [-0.2, 0) is 0 Å². The second-order valence-electron chi connectivity index (χ2n) is 11.0. The summed E-state index contributed by atoms with van der Waals surface area (Å²) >= 11 is 0. The van der Waals surface area contributed by atoms with E-state index in [0.717, 1.165) is 28.7 Å². The Balaban J connectivity index is 1.76. The van der Waals surface area contributed by atoms with Crippen molar-refractivity contribution >= 4 is 11.4 Å². The van der Waals surface area contributed by atoms with Gasteiger partial charge in [0, 0.05) is 11.1 Å². The lowest BCUT2D eigenvalue weighted by Crippen LogP contribution is -2.21. The van der Waals surface area contributed by atoms with Crippen LogP contribution in [-0.4, -0.2) is 5.78 Å². The molecule has 1 heteroatoms. The molecular weight excluding hydrogens is 424 g/mol. The summed E-state index contributed by atoms with van der Waals surface area (Å²) in [4.78, 5) is 14.1. The van der Waals surface area contributed by atoms with Gasteiger partial charge in [-0.2, -0.15) is 0 Å². The highest BCUT2D eigenvalue weighted by atomic mass is 16.1. The minimum atomic E-state index is 0.149. The zero-order chi connectivity index (χ0) is 25.1. The maximum absolute atomic E-state index is 14.1. The van der Waals surface area contributed by atoms with Gasteiger partial charge >= 0.3 is 0 Å².